The number of carbonyl (C=O) groups excluding carboxylic acids is 1. The van der Waals surface area contributed by atoms with Crippen molar-refractivity contribution >= 4 is 5.91 Å². The Morgan fingerprint density at radius 3 is 2.59 bits per heavy atom. The van der Waals surface area contributed by atoms with Crippen molar-refractivity contribution in [3.05, 3.63) is 89.4 Å². The molecule has 22 heavy (non-hydrogen) atoms. The molecule has 1 aliphatic rings. The van der Waals surface area contributed by atoms with E-state index in [1.54, 1.807) is 24.3 Å². The minimum Gasteiger partial charge on any atom is -0.480 e. The summed E-state index contributed by atoms with van der Waals surface area (Å²) in [5.41, 5.74) is 2.67. The van der Waals surface area contributed by atoms with E-state index < -0.39 is 5.72 Å². The number of amides is 1. The molecule has 1 atom stereocenters. The van der Waals surface area contributed by atoms with Gasteiger partial charge in [-0.1, -0.05) is 60.8 Å². The molecule has 0 aromatic heterocycles. The smallest absolute Gasteiger partial charge is 0.254 e. The Hall–Kier alpha value is -2.81. The van der Waals surface area contributed by atoms with Crippen molar-refractivity contribution in [2.75, 3.05) is 0 Å². The van der Waals surface area contributed by atoms with Gasteiger partial charge < -0.3 is 15.2 Å². The fourth-order valence-corrected chi connectivity index (χ4v) is 2.49. The third-order valence-corrected chi connectivity index (χ3v) is 3.57. The molecule has 1 amide bonds. The Kier molecular flexibility index (Phi) is 3.55. The topological polar surface area (TPSA) is 58.6 Å². The second-order valence-corrected chi connectivity index (χ2v) is 4.99. The summed E-state index contributed by atoms with van der Waals surface area (Å²) in [7, 11) is 0. The summed E-state index contributed by atoms with van der Waals surface area (Å²) >= 11 is 0. The Morgan fingerprint density at radius 2 is 1.86 bits per heavy atom. The molecule has 2 aromatic rings. The predicted octanol–water partition coefficient (Wildman–Crippen LogP) is 2.46. The van der Waals surface area contributed by atoms with E-state index in [4.69, 9.17) is 4.74 Å². The SMILES string of the molecule is C=C=C(OCc1ccccc1)C1(O)NC(=O)c2ccccc21. The molecule has 0 saturated heterocycles. The molecule has 110 valence electrons. The Morgan fingerprint density at radius 1 is 1.18 bits per heavy atom. The van der Waals surface area contributed by atoms with E-state index in [1.165, 1.54) is 0 Å². The van der Waals surface area contributed by atoms with Crippen molar-refractivity contribution in [2.45, 2.75) is 12.3 Å². The first-order chi connectivity index (χ1) is 10.6. The molecule has 4 heteroatoms. The maximum atomic E-state index is 12.0. The van der Waals surface area contributed by atoms with Gasteiger partial charge in [-0.25, -0.2) is 0 Å². The molecule has 1 unspecified atom stereocenters. The lowest BCUT2D eigenvalue weighted by atomic mass is 10.00. The fraction of sp³-hybridized carbons (Fsp3) is 0.111. The van der Waals surface area contributed by atoms with Crippen molar-refractivity contribution in [2.24, 2.45) is 0 Å². The molecule has 4 nitrogen and oxygen atoms in total. The van der Waals surface area contributed by atoms with E-state index in [-0.39, 0.29) is 18.3 Å². The van der Waals surface area contributed by atoms with Gasteiger partial charge in [0, 0.05) is 11.1 Å². The van der Waals surface area contributed by atoms with Crippen LogP contribution in [0.3, 0.4) is 0 Å². The lowest BCUT2D eigenvalue weighted by Gasteiger charge is -2.25. The van der Waals surface area contributed by atoms with Gasteiger partial charge in [-0.05, 0) is 11.6 Å². The van der Waals surface area contributed by atoms with Crippen molar-refractivity contribution in [1.29, 1.82) is 0 Å². The average molecular weight is 293 g/mol. The second kappa shape index (κ2) is 5.53. The first kappa shape index (κ1) is 14.1. The average Bonchev–Trinajstić information content (AvgIpc) is 2.81. The van der Waals surface area contributed by atoms with E-state index >= 15 is 0 Å². The van der Waals surface area contributed by atoms with Gasteiger partial charge >= 0.3 is 0 Å². The summed E-state index contributed by atoms with van der Waals surface area (Å²) < 4.78 is 5.65. The van der Waals surface area contributed by atoms with Crippen LogP contribution in [-0.2, 0) is 17.1 Å². The van der Waals surface area contributed by atoms with E-state index in [0.29, 0.717) is 11.1 Å². The predicted molar refractivity (Wildman–Crippen MR) is 81.7 cm³/mol. The Bertz CT molecular complexity index is 763. The van der Waals surface area contributed by atoms with Crippen LogP contribution in [0.25, 0.3) is 0 Å². The van der Waals surface area contributed by atoms with E-state index in [0.717, 1.165) is 5.56 Å². The highest BCUT2D eigenvalue weighted by molar-refractivity contribution is 6.00. The molecule has 0 radical (unpaired) electrons. The van der Waals surface area contributed by atoms with Gasteiger partial charge in [-0.15, -0.1) is 0 Å². The van der Waals surface area contributed by atoms with E-state index in [1.807, 2.05) is 30.3 Å². The van der Waals surface area contributed by atoms with Crippen molar-refractivity contribution in [3.8, 4) is 0 Å². The third-order valence-electron chi connectivity index (χ3n) is 3.57. The number of hydrogen-bond acceptors (Lipinski definition) is 3. The molecule has 0 bridgehead atoms. The van der Waals surface area contributed by atoms with Crippen molar-refractivity contribution in [1.82, 2.24) is 5.32 Å². The van der Waals surface area contributed by atoms with Crippen LogP contribution in [0.4, 0.5) is 0 Å². The molecule has 2 aromatic carbocycles. The van der Waals surface area contributed by atoms with Crippen molar-refractivity contribution in [3.63, 3.8) is 0 Å². The first-order valence-electron chi connectivity index (χ1n) is 6.87. The normalized spacial score (nSPS) is 19.0. The molecular formula is C18H15NO3. The summed E-state index contributed by atoms with van der Waals surface area (Å²) in [6, 6.07) is 16.4. The number of ether oxygens (including phenoxy) is 1. The zero-order chi connectivity index (χ0) is 15.6. The number of benzene rings is 2. The van der Waals surface area contributed by atoms with Gasteiger partial charge in [-0.2, -0.15) is 0 Å². The highest BCUT2D eigenvalue weighted by Gasteiger charge is 2.45. The van der Waals surface area contributed by atoms with Crippen LogP contribution in [0.5, 0.6) is 0 Å². The van der Waals surface area contributed by atoms with Crippen LogP contribution in [0, 0.1) is 0 Å². The molecular weight excluding hydrogens is 278 g/mol. The number of rotatable bonds is 4. The van der Waals surface area contributed by atoms with Gasteiger partial charge in [0.05, 0.1) is 0 Å². The zero-order valence-electron chi connectivity index (χ0n) is 11.9. The molecule has 1 aliphatic heterocycles. The third kappa shape index (κ3) is 2.31. The van der Waals surface area contributed by atoms with Crippen LogP contribution >= 0.6 is 0 Å². The highest BCUT2D eigenvalue weighted by atomic mass is 16.5. The molecule has 0 aliphatic carbocycles. The van der Waals surface area contributed by atoms with Crippen molar-refractivity contribution < 1.29 is 14.6 Å². The summed E-state index contributed by atoms with van der Waals surface area (Å²) in [6.45, 7) is 3.81. The Balaban J connectivity index is 1.88. The Labute approximate surface area is 128 Å². The number of hydrogen-bond donors (Lipinski definition) is 2. The van der Waals surface area contributed by atoms with Crippen LogP contribution in [0.2, 0.25) is 0 Å². The van der Waals surface area contributed by atoms with Gasteiger partial charge in [0.25, 0.3) is 5.91 Å². The lowest BCUT2D eigenvalue weighted by molar-refractivity contribution is -0.0130. The highest BCUT2D eigenvalue weighted by Crippen LogP contribution is 2.35. The van der Waals surface area contributed by atoms with E-state index in [9.17, 15) is 9.90 Å². The number of aliphatic hydroxyl groups is 1. The summed E-state index contributed by atoms with van der Waals surface area (Å²) in [6.07, 6.45) is 0. The molecule has 0 fully saturated rings. The number of fused-ring (bicyclic) bond motifs is 1. The molecule has 2 N–H and O–H groups in total. The quantitative estimate of drug-likeness (QED) is 0.672. The summed E-state index contributed by atoms with van der Waals surface area (Å²) in [4.78, 5) is 12.0. The molecule has 1 heterocycles. The van der Waals surface area contributed by atoms with Gasteiger partial charge in [0.15, 0.2) is 5.76 Å². The number of carbonyl (C=O) groups is 1. The van der Waals surface area contributed by atoms with Gasteiger partial charge in [0.2, 0.25) is 5.72 Å². The molecule has 0 saturated carbocycles. The van der Waals surface area contributed by atoms with Crippen LogP contribution in [0.1, 0.15) is 21.5 Å². The lowest BCUT2D eigenvalue weighted by Crippen LogP contribution is -2.41. The second-order valence-electron chi connectivity index (χ2n) is 4.99. The summed E-state index contributed by atoms with van der Waals surface area (Å²) in [5.74, 6) is -0.274. The molecule has 3 rings (SSSR count). The van der Waals surface area contributed by atoms with E-state index in [2.05, 4.69) is 17.6 Å². The maximum Gasteiger partial charge on any atom is 0.254 e. The standard InChI is InChI=1S/C18H15NO3/c1-2-16(22-12-13-8-4-3-5-9-13)18(21)15-11-7-6-10-14(15)17(20)19-18/h3-11,21H,1,12H2,(H,19,20). The molecule has 0 spiro atoms. The zero-order valence-corrected chi connectivity index (χ0v) is 11.9. The van der Waals surface area contributed by atoms with Crippen LogP contribution < -0.4 is 5.32 Å². The van der Waals surface area contributed by atoms with Gasteiger partial charge in [0.1, 0.15) is 6.61 Å². The van der Waals surface area contributed by atoms with Crippen LogP contribution in [-0.4, -0.2) is 11.0 Å². The minimum atomic E-state index is -1.73. The fourth-order valence-electron chi connectivity index (χ4n) is 2.49. The summed E-state index contributed by atoms with van der Waals surface area (Å²) in [5, 5.41) is 13.4. The monoisotopic (exact) mass is 293 g/mol. The largest absolute Gasteiger partial charge is 0.480 e. The van der Waals surface area contributed by atoms with Crippen LogP contribution in [0.15, 0.2) is 72.7 Å². The number of nitrogens with one attached hydrogen (secondary N) is 1. The first-order valence-corrected chi connectivity index (χ1v) is 6.87. The maximum absolute atomic E-state index is 12.0. The minimum absolute atomic E-state index is 0.0784. The van der Waals surface area contributed by atoms with Gasteiger partial charge in [-0.3, -0.25) is 4.79 Å².